The molecule has 5 aromatic rings. The van der Waals surface area contributed by atoms with Gasteiger partial charge in [0.15, 0.2) is 11.5 Å². The maximum Gasteiger partial charge on any atom is 0.227 e. The number of aromatic nitrogens is 5. The van der Waals surface area contributed by atoms with Crippen LogP contribution in [0.2, 0.25) is 0 Å². The van der Waals surface area contributed by atoms with E-state index in [0.717, 1.165) is 45.2 Å². The van der Waals surface area contributed by atoms with Gasteiger partial charge in [-0.05, 0) is 44.2 Å². The molecule has 1 aliphatic rings. The highest BCUT2D eigenvalue weighted by atomic mass is 16.6. The van der Waals surface area contributed by atoms with E-state index >= 15 is 0 Å². The molecule has 0 radical (unpaired) electrons. The molecule has 8 nitrogen and oxygen atoms in total. The van der Waals surface area contributed by atoms with Crippen LogP contribution in [0, 0.1) is 13.8 Å². The molecule has 2 aromatic carbocycles. The summed E-state index contributed by atoms with van der Waals surface area (Å²) >= 11 is 0. The molecule has 168 valence electrons. The van der Waals surface area contributed by atoms with Crippen molar-refractivity contribution in [2.45, 2.75) is 13.8 Å². The number of hydrogen-bond acceptors (Lipinski definition) is 7. The third kappa shape index (κ3) is 3.69. The van der Waals surface area contributed by atoms with Crippen molar-refractivity contribution in [3.63, 3.8) is 0 Å². The Bertz CT molecular complexity index is 1510. The topological polar surface area (TPSA) is 86.5 Å². The van der Waals surface area contributed by atoms with Gasteiger partial charge in [0.05, 0.1) is 22.5 Å². The maximum absolute atomic E-state index is 5.69. The van der Waals surface area contributed by atoms with Crippen LogP contribution in [-0.2, 0) is 0 Å². The van der Waals surface area contributed by atoms with Crippen molar-refractivity contribution in [1.29, 1.82) is 0 Å². The van der Waals surface area contributed by atoms with Crippen LogP contribution >= 0.6 is 0 Å². The Labute approximate surface area is 196 Å². The number of benzene rings is 2. The Balaban J connectivity index is 1.43. The molecule has 0 atom stereocenters. The summed E-state index contributed by atoms with van der Waals surface area (Å²) in [6.45, 7) is 5.11. The molecule has 8 heteroatoms. The van der Waals surface area contributed by atoms with Gasteiger partial charge in [-0.3, -0.25) is 0 Å². The summed E-state index contributed by atoms with van der Waals surface area (Å²) < 4.78 is 13.0. The largest absolute Gasteiger partial charge is 0.486 e. The van der Waals surface area contributed by atoms with Crippen LogP contribution in [0.15, 0.2) is 66.9 Å². The fourth-order valence-electron chi connectivity index (χ4n) is 4.00. The molecule has 0 fully saturated rings. The van der Waals surface area contributed by atoms with Crippen molar-refractivity contribution < 1.29 is 9.47 Å². The van der Waals surface area contributed by atoms with Crippen LogP contribution < -0.4 is 14.8 Å². The van der Waals surface area contributed by atoms with E-state index in [1.165, 1.54) is 5.56 Å². The molecule has 34 heavy (non-hydrogen) atoms. The number of nitrogens with zero attached hydrogens (tertiary/aromatic N) is 5. The highest BCUT2D eigenvalue weighted by molar-refractivity contribution is 5.90. The summed E-state index contributed by atoms with van der Waals surface area (Å²) in [5.74, 6) is 1.92. The van der Waals surface area contributed by atoms with Gasteiger partial charge in [-0.25, -0.2) is 9.97 Å². The van der Waals surface area contributed by atoms with Gasteiger partial charge in [0.1, 0.15) is 18.9 Å². The average Bonchev–Trinajstić information content (AvgIpc) is 3.23. The lowest BCUT2D eigenvalue weighted by atomic mass is 10.0. The lowest BCUT2D eigenvalue weighted by Gasteiger charge is -2.19. The molecule has 0 amide bonds. The first kappa shape index (κ1) is 20.2. The van der Waals surface area contributed by atoms with E-state index < -0.39 is 0 Å². The average molecular weight is 451 g/mol. The predicted molar refractivity (Wildman–Crippen MR) is 130 cm³/mol. The van der Waals surface area contributed by atoms with Crippen LogP contribution in [-0.4, -0.2) is 38.0 Å². The second-order valence-electron chi connectivity index (χ2n) is 8.19. The van der Waals surface area contributed by atoms with Crippen molar-refractivity contribution in [1.82, 2.24) is 24.8 Å². The zero-order chi connectivity index (χ0) is 23.1. The first-order valence-electron chi connectivity index (χ1n) is 11.1. The minimum absolute atomic E-state index is 0.475. The Morgan fingerprint density at radius 1 is 0.853 bits per heavy atom. The number of aryl methyl sites for hydroxylation is 2. The molecule has 3 aromatic heterocycles. The smallest absolute Gasteiger partial charge is 0.227 e. The molecule has 4 heterocycles. The minimum atomic E-state index is 0.475. The summed E-state index contributed by atoms with van der Waals surface area (Å²) in [7, 11) is 0. The van der Waals surface area contributed by atoms with Gasteiger partial charge in [0, 0.05) is 23.5 Å². The van der Waals surface area contributed by atoms with Crippen LogP contribution in [0.3, 0.4) is 0 Å². The molecule has 0 saturated carbocycles. The quantitative estimate of drug-likeness (QED) is 0.413. The lowest BCUT2D eigenvalue weighted by Crippen LogP contribution is -2.15. The maximum atomic E-state index is 5.69. The summed E-state index contributed by atoms with van der Waals surface area (Å²) in [5, 5.41) is 12.7. The van der Waals surface area contributed by atoms with E-state index in [2.05, 4.69) is 46.6 Å². The molecule has 6 rings (SSSR count). The Kier molecular flexibility index (Phi) is 4.83. The Morgan fingerprint density at radius 3 is 2.53 bits per heavy atom. The van der Waals surface area contributed by atoms with E-state index in [-0.39, 0.29) is 0 Å². The molecular weight excluding hydrogens is 428 g/mol. The Hall–Kier alpha value is -4.46. The third-order valence-corrected chi connectivity index (χ3v) is 5.67. The van der Waals surface area contributed by atoms with Gasteiger partial charge in [-0.2, -0.15) is 9.73 Å². The fourth-order valence-corrected chi connectivity index (χ4v) is 4.00. The lowest BCUT2D eigenvalue weighted by molar-refractivity contribution is 0.171. The molecule has 0 spiro atoms. The number of hydrogen-bond donors (Lipinski definition) is 1. The fraction of sp³-hybridized carbons (Fsp3) is 0.154. The molecule has 0 aliphatic carbocycles. The summed E-state index contributed by atoms with van der Waals surface area (Å²) in [6, 6.07) is 19.9. The van der Waals surface area contributed by atoms with Gasteiger partial charge < -0.3 is 14.8 Å². The summed E-state index contributed by atoms with van der Waals surface area (Å²) in [5.41, 5.74) is 7.26. The number of anilines is 2. The van der Waals surface area contributed by atoms with E-state index in [9.17, 15) is 0 Å². The first-order valence-corrected chi connectivity index (χ1v) is 11.1. The zero-order valence-corrected chi connectivity index (χ0v) is 18.8. The van der Waals surface area contributed by atoms with Gasteiger partial charge in [0.25, 0.3) is 0 Å². The number of nitrogens with one attached hydrogen (secondary N) is 1. The molecule has 0 bridgehead atoms. The second kappa shape index (κ2) is 8.15. The number of ether oxygens (including phenoxy) is 2. The van der Waals surface area contributed by atoms with E-state index in [1.807, 2.05) is 43.3 Å². The van der Waals surface area contributed by atoms with Gasteiger partial charge in [-0.1, -0.05) is 29.8 Å². The van der Waals surface area contributed by atoms with Crippen molar-refractivity contribution in [3.05, 3.63) is 78.1 Å². The molecule has 1 aliphatic heterocycles. The van der Waals surface area contributed by atoms with Gasteiger partial charge >= 0.3 is 0 Å². The van der Waals surface area contributed by atoms with Crippen molar-refractivity contribution in [2.24, 2.45) is 0 Å². The molecule has 0 saturated heterocycles. The summed E-state index contributed by atoms with van der Waals surface area (Å²) in [4.78, 5) is 9.25. The monoisotopic (exact) mass is 450 g/mol. The van der Waals surface area contributed by atoms with Crippen LogP contribution in [0.1, 0.15) is 11.3 Å². The molecule has 0 unspecified atom stereocenters. The van der Waals surface area contributed by atoms with Crippen LogP contribution in [0.4, 0.5) is 11.6 Å². The van der Waals surface area contributed by atoms with Crippen LogP contribution in [0.5, 0.6) is 11.5 Å². The normalized spacial score (nSPS) is 12.6. The van der Waals surface area contributed by atoms with Crippen LogP contribution in [0.25, 0.3) is 28.0 Å². The van der Waals surface area contributed by atoms with E-state index in [0.29, 0.717) is 24.9 Å². The molecular formula is C26H22N6O2. The van der Waals surface area contributed by atoms with E-state index in [1.54, 1.807) is 10.8 Å². The van der Waals surface area contributed by atoms with Crippen molar-refractivity contribution in [2.75, 3.05) is 18.5 Å². The van der Waals surface area contributed by atoms with Crippen molar-refractivity contribution >= 4 is 17.2 Å². The SMILES string of the molecule is Cc1ccc(-c2nn3nc(C)ccc3c2-c2ccnc(Nc3ccc4c(c3)OCCO4)n2)cc1. The Morgan fingerprint density at radius 2 is 1.68 bits per heavy atom. The highest BCUT2D eigenvalue weighted by Crippen LogP contribution is 2.36. The standard InChI is InChI=1S/C26H22N6O2/c1-16-3-6-18(7-4-16)25-24(21-9-5-17(2)30-32(21)31-25)20-11-12-27-26(29-20)28-19-8-10-22-23(15-19)34-14-13-33-22/h3-12,15H,13-14H2,1-2H3,(H,27,28,29). The zero-order valence-electron chi connectivity index (χ0n) is 18.8. The second-order valence-corrected chi connectivity index (χ2v) is 8.19. The van der Waals surface area contributed by atoms with Gasteiger partial charge in [-0.15, -0.1) is 5.10 Å². The first-order chi connectivity index (χ1) is 16.6. The van der Waals surface area contributed by atoms with E-state index in [4.69, 9.17) is 19.6 Å². The van der Waals surface area contributed by atoms with Crippen molar-refractivity contribution in [3.8, 4) is 34.0 Å². The van der Waals surface area contributed by atoms with Gasteiger partial charge in [0.2, 0.25) is 5.95 Å². The molecule has 1 N–H and O–H groups in total. The highest BCUT2D eigenvalue weighted by Gasteiger charge is 2.19. The minimum Gasteiger partial charge on any atom is -0.486 e. The number of rotatable bonds is 4. The third-order valence-electron chi connectivity index (χ3n) is 5.67. The number of fused-ring (bicyclic) bond motifs is 2. The summed E-state index contributed by atoms with van der Waals surface area (Å²) in [6.07, 6.45) is 1.74. The predicted octanol–water partition coefficient (Wildman–Crippen LogP) is 4.98.